The van der Waals surface area contributed by atoms with Crippen LogP contribution in [0, 0.1) is 29.6 Å². The minimum absolute atomic E-state index is 0.0244. The van der Waals surface area contributed by atoms with Gasteiger partial charge in [0.05, 0.1) is 6.10 Å². The number of aliphatic hydroxyl groups excluding tert-OH is 1. The van der Waals surface area contributed by atoms with Gasteiger partial charge < -0.3 is 5.11 Å². The quantitative estimate of drug-likeness (QED) is 0.622. The number of hydrogen-bond donors (Lipinski definition) is 1. The fraction of sp³-hybridized carbons (Fsp3) is 1.00. The summed E-state index contributed by atoms with van der Waals surface area (Å²) in [4.78, 5) is 0. The van der Waals surface area contributed by atoms with Gasteiger partial charge in [-0.2, -0.15) is 0 Å². The van der Waals surface area contributed by atoms with Gasteiger partial charge >= 0.3 is 0 Å². The van der Waals surface area contributed by atoms with Crippen LogP contribution >= 0.6 is 0 Å². The largest absolute Gasteiger partial charge is 0.393 e. The molecule has 3 aliphatic carbocycles. The van der Waals surface area contributed by atoms with E-state index < -0.39 is 0 Å². The third-order valence-electron chi connectivity index (χ3n) is 7.40. The van der Waals surface area contributed by atoms with Crippen LogP contribution in [0.15, 0.2) is 0 Å². The van der Waals surface area contributed by atoms with Crippen molar-refractivity contribution < 1.29 is 5.11 Å². The number of aliphatic hydroxyl groups is 1. The summed E-state index contributed by atoms with van der Waals surface area (Å²) in [5.41, 5.74) is 0. The van der Waals surface area contributed by atoms with Gasteiger partial charge in [0.1, 0.15) is 0 Å². The molecule has 4 atom stereocenters. The van der Waals surface area contributed by atoms with Crippen molar-refractivity contribution in [2.24, 2.45) is 29.6 Å². The zero-order valence-corrected chi connectivity index (χ0v) is 14.8. The Morgan fingerprint density at radius 2 is 1.27 bits per heavy atom. The van der Waals surface area contributed by atoms with Crippen molar-refractivity contribution in [3.05, 3.63) is 0 Å². The lowest BCUT2D eigenvalue weighted by atomic mass is 9.62. The molecule has 0 saturated heterocycles. The van der Waals surface area contributed by atoms with Gasteiger partial charge in [0.15, 0.2) is 0 Å². The summed E-state index contributed by atoms with van der Waals surface area (Å²) in [7, 11) is 0. The summed E-state index contributed by atoms with van der Waals surface area (Å²) in [6.45, 7) is 2.32. The molecule has 3 rings (SSSR count). The maximum Gasteiger partial charge on any atom is 0.0543 e. The molecule has 0 heterocycles. The first kappa shape index (κ1) is 16.8. The van der Waals surface area contributed by atoms with Crippen molar-refractivity contribution in [2.45, 2.75) is 103 Å². The molecule has 1 N–H and O–H groups in total. The van der Waals surface area contributed by atoms with Crippen molar-refractivity contribution in [3.63, 3.8) is 0 Å². The second kappa shape index (κ2) is 8.18. The number of unbranched alkanes of at least 4 members (excludes halogenated alkanes) is 2. The molecule has 22 heavy (non-hydrogen) atoms. The van der Waals surface area contributed by atoms with Gasteiger partial charge in [-0.15, -0.1) is 0 Å². The molecule has 0 bridgehead atoms. The highest BCUT2D eigenvalue weighted by Crippen LogP contribution is 2.48. The molecule has 0 spiro atoms. The van der Waals surface area contributed by atoms with Crippen molar-refractivity contribution in [1.82, 2.24) is 0 Å². The topological polar surface area (TPSA) is 20.2 Å². The number of hydrogen-bond acceptors (Lipinski definition) is 1. The second-order valence-electron chi connectivity index (χ2n) is 8.84. The fourth-order valence-electron chi connectivity index (χ4n) is 5.96. The zero-order chi connectivity index (χ0) is 15.4. The fourth-order valence-corrected chi connectivity index (χ4v) is 5.96. The Morgan fingerprint density at radius 1 is 0.682 bits per heavy atom. The van der Waals surface area contributed by atoms with Crippen LogP contribution in [0.3, 0.4) is 0 Å². The summed E-state index contributed by atoms with van der Waals surface area (Å²) in [5, 5.41) is 9.88. The van der Waals surface area contributed by atoms with E-state index in [0.717, 1.165) is 42.4 Å². The van der Waals surface area contributed by atoms with E-state index in [1.54, 1.807) is 0 Å². The van der Waals surface area contributed by atoms with Gasteiger partial charge in [-0.1, -0.05) is 45.4 Å². The molecule has 3 saturated carbocycles. The molecule has 0 aromatic rings. The highest BCUT2D eigenvalue weighted by Gasteiger charge is 2.38. The van der Waals surface area contributed by atoms with Crippen LogP contribution in [0.2, 0.25) is 0 Å². The molecule has 0 radical (unpaired) electrons. The molecule has 128 valence electrons. The van der Waals surface area contributed by atoms with Crippen LogP contribution in [-0.2, 0) is 0 Å². The van der Waals surface area contributed by atoms with Gasteiger partial charge in [0.25, 0.3) is 0 Å². The van der Waals surface area contributed by atoms with Crippen LogP contribution < -0.4 is 0 Å². The van der Waals surface area contributed by atoms with Crippen LogP contribution in [0.1, 0.15) is 96.8 Å². The first-order valence-corrected chi connectivity index (χ1v) is 10.4. The molecule has 0 aromatic carbocycles. The molecule has 3 aliphatic rings. The molecule has 1 nitrogen and oxygen atoms in total. The monoisotopic (exact) mass is 306 g/mol. The van der Waals surface area contributed by atoms with Crippen molar-refractivity contribution in [2.75, 3.05) is 0 Å². The highest BCUT2D eigenvalue weighted by atomic mass is 16.3. The highest BCUT2D eigenvalue weighted by molar-refractivity contribution is 4.89. The minimum Gasteiger partial charge on any atom is -0.393 e. The minimum atomic E-state index is 0.0244. The predicted molar refractivity (Wildman–Crippen MR) is 93.8 cm³/mol. The summed E-state index contributed by atoms with van der Waals surface area (Å²) >= 11 is 0. The summed E-state index contributed by atoms with van der Waals surface area (Å²) in [6, 6.07) is 0. The Labute approximate surface area is 138 Å². The zero-order valence-electron chi connectivity index (χ0n) is 14.8. The van der Waals surface area contributed by atoms with Crippen LogP contribution in [0.4, 0.5) is 0 Å². The second-order valence-corrected chi connectivity index (χ2v) is 8.84. The Hall–Kier alpha value is -0.0400. The van der Waals surface area contributed by atoms with E-state index in [1.165, 1.54) is 77.0 Å². The maximum atomic E-state index is 9.88. The first-order chi connectivity index (χ1) is 10.8. The maximum absolute atomic E-state index is 9.88. The molecule has 1 heteroatoms. The smallest absolute Gasteiger partial charge is 0.0543 e. The average Bonchev–Trinajstić information content (AvgIpc) is 2.55. The molecule has 0 aromatic heterocycles. The van der Waals surface area contributed by atoms with Crippen molar-refractivity contribution >= 4 is 0 Å². The van der Waals surface area contributed by atoms with Crippen LogP contribution in [0.5, 0.6) is 0 Å². The van der Waals surface area contributed by atoms with Gasteiger partial charge in [-0.05, 0) is 81.0 Å². The van der Waals surface area contributed by atoms with E-state index in [4.69, 9.17) is 0 Å². The van der Waals surface area contributed by atoms with Crippen LogP contribution in [-0.4, -0.2) is 11.2 Å². The molecular weight excluding hydrogens is 268 g/mol. The number of rotatable bonds is 5. The van der Waals surface area contributed by atoms with E-state index >= 15 is 0 Å². The third-order valence-corrected chi connectivity index (χ3v) is 7.40. The lowest BCUT2D eigenvalue weighted by molar-refractivity contribution is 0.0189. The van der Waals surface area contributed by atoms with Gasteiger partial charge in [0.2, 0.25) is 0 Å². The van der Waals surface area contributed by atoms with Gasteiger partial charge in [-0.3, -0.25) is 0 Å². The molecule has 3 fully saturated rings. The first-order valence-electron chi connectivity index (χ1n) is 10.4. The molecule has 0 amide bonds. The van der Waals surface area contributed by atoms with E-state index in [-0.39, 0.29) is 6.10 Å². The Kier molecular flexibility index (Phi) is 6.24. The summed E-state index contributed by atoms with van der Waals surface area (Å²) in [6.07, 6.45) is 19.8. The van der Waals surface area contributed by atoms with Crippen molar-refractivity contribution in [3.8, 4) is 0 Å². The van der Waals surface area contributed by atoms with Gasteiger partial charge in [0, 0.05) is 0 Å². The molecule has 0 aliphatic heterocycles. The standard InChI is InChI=1S/C21H38O/c1-2-3-4-5-16-6-8-17(9-7-16)18-10-11-20-15-21(22)13-12-19(20)14-18/h16-22H,2-15H2,1H3. The number of fused-ring (bicyclic) bond motifs is 1. The van der Waals surface area contributed by atoms with E-state index in [0.29, 0.717) is 0 Å². The predicted octanol–water partition coefficient (Wildman–Crippen LogP) is 5.95. The van der Waals surface area contributed by atoms with Crippen LogP contribution in [0.25, 0.3) is 0 Å². The molecule has 4 unspecified atom stereocenters. The average molecular weight is 307 g/mol. The Bertz CT molecular complexity index is 318. The Morgan fingerprint density at radius 3 is 2.00 bits per heavy atom. The van der Waals surface area contributed by atoms with Gasteiger partial charge in [-0.25, -0.2) is 0 Å². The SMILES string of the molecule is CCCCCC1CCC(C2CCC3CC(O)CCC3C2)CC1. The summed E-state index contributed by atoms with van der Waals surface area (Å²) in [5.74, 6) is 4.97. The van der Waals surface area contributed by atoms with E-state index in [2.05, 4.69) is 6.92 Å². The summed E-state index contributed by atoms with van der Waals surface area (Å²) < 4.78 is 0. The Balaban J connectivity index is 1.40. The van der Waals surface area contributed by atoms with E-state index in [1.807, 2.05) is 0 Å². The van der Waals surface area contributed by atoms with E-state index in [9.17, 15) is 5.11 Å². The molecular formula is C21H38O. The van der Waals surface area contributed by atoms with Crippen molar-refractivity contribution in [1.29, 1.82) is 0 Å². The normalized spacial score (nSPS) is 42.8. The third kappa shape index (κ3) is 4.28. The lowest BCUT2D eigenvalue weighted by Crippen LogP contribution is -2.35. The lowest BCUT2D eigenvalue weighted by Gasteiger charge is -2.44.